The Hall–Kier alpha value is -1.95. The molecule has 2 aromatic rings. The Morgan fingerprint density at radius 1 is 1.18 bits per heavy atom. The lowest BCUT2D eigenvalue weighted by Crippen LogP contribution is -2.52. The maximum absolute atomic E-state index is 13.0. The molecule has 4 nitrogen and oxygen atoms in total. The molecule has 0 amide bonds. The summed E-state index contributed by atoms with van der Waals surface area (Å²) >= 11 is 0. The quantitative estimate of drug-likeness (QED) is 0.742. The number of rotatable bonds is 5. The van der Waals surface area contributed by atoms with Crippen molar-refractivity contribution < 1.29 is 18.7 Å². The molecule has 1 heterocycles. The monoisotopic (exact) mass is 390 g/mol. The predicted molar refractivity (Wildman–Crippen MR) is 105 cm³/mol. The molecule has 0 aliphatic heterocycles. The summed E-state index contributed by atoms with van der Waals surface area (Å²) in [7, 11) is 0. The highest BCUT2D eigenvalue weighted by Gasteiger charge is 2.46. The van der Waals surface area contributed by atoms with Gasteiger partial charge in [-0.3, -0.25) is 0 Å². The number of hydrogen-bond donors (Lipinski definition) is 2. The molecule has 2 saturated carbocycles. The van der Waals surface area contributed by atoms with Crippen LogP contribution in [0.15, 0.2) is 24.3 Å². The fraction of sp³-hybridized carbons (Fsp3) is 0.591. The summed E-state index contributed by atoms with van der Waals surface area (Å²) in [6.45, 7) is 4.07. The topological polar surface area (TPSA) is 54.3 Å². The van der Waals surface area contributed by atoms with Crippen LogP contribution in [0.5, 0.6) is 0 Å². The van der Waals surface area contributed by atoms with E-state index in [0.717, 1.165) is 42.3 Å². The van der Waals surface area contributed by atoms with Crippen molar-refractivity contribution in [3.8, 4) is 0 Å². The van der Waals surface area contributed by atoms with Gasteiger partial charge in [-0.05, 0) is 51.5 Å². The SMILES string of the molecule is Cc1c(C(=O)O)c2ccccc2n1[C@H](C)C1CCC(NC2CC(F)(F)C2)CC1. The molecule has 152 valence electrons. The van der Waals surface area contributed by atoms with Crippen LogP contribution in [0.4, 0.5) is 8.78 Å². The van der Waals surface area contributed by atoms with Crippen LogP contribution in [0, 0.1) is 12.8 Å². The van der Waals surface area contributed by atoms with Crippen molar-refractivity contribution in [2.24, 2.45) is 5.92 Å². The number of benzene rings is 1. The van der Waals surface area contributed by atoms with Gasteiger partial charge in [-0.25, -0.2) is 13.6 Å². The van der Waals surface area contributed by atoms with Crippen molar-refractivity contribution in [2.75, 3.05) is 0 Å². The average Bonchev–Trinajstić information content (AvgIpc) is 2.92. The van der Waals surface area contributed by atoms with Crippen molar-refractivity contribution in [3.05, 3.63) is 35.5 Å². The number of carboxylic acid groups (broad SMARTS) is 1. The van der Waals surface area contributed by atoms with Crippen LogP contribution in [0.3, 0.4) is 0 Å². The third-order valence-corrected chi connectivity index (χ3v) is 6.79. The standard InChI is InChI=1S/C22H28F2N2O2/c1-13(15-7-9-16(10-8-15)25-17-11-22(23,24)12-17)26-14(2)20(21(27)28)18-5-3-4-6-19(18)26/h3-6,13,15-17,25H,7-12H2,1-2H3,(H,27,28)/t13-,15?,16?/m1/s1. The minimum Gasteiger partial charge on any atom is -0.478 e. The normalized spacial score (nSPS) is 26.1. The van der Waals surface area contributed by atoms with Crippen molar-refractivity contribution in [1.29, 1.82) is 0 Å². The van der Waals surface area contributed by atoms with Gasteiger partial charge in [0, 0.05) is 47.6 Å². The summed E-state index contributed by atoms with van der Waals surface area (Å²) in [5.41, 5.74) is 2.17. The Balaban J connectivity index is 1.47. The Kier molecular flexibility index (Phi) is 4.94. The molecule has 2 N–H and O–H groups in total. The van der Waals surface area contributed by atoms with Crippen molar-refractivity contribution in [3.63, 3.8) is 0 Å². The molecule has 28 heavy (non-hydrogen) atoms. The fourth-order valence-corrected chi connectivity index (χ4v) is 5.28. The molecule has 2 aliphatic rings. The molecule has 0 bridgehead atoms. The van der Waals surface area contributed by atoms with E-state index in [2.05, 4.69) is 16.8 Å². The number of aromatic carboxylic acids is 1. The molecule has 2 fully saturated rings. The smallest absolute Gasteiger partial charge is 0.338 e. The second kappa shape index (κ2) is 7.14. The Morgan fingerprint density at radius 2 is 1.82 bits per heavy atom. The van der Waals surface area contributed by atoms with Gasteiger partial charge >= 0.3 is 5.97 Å². The van der Waals surface area contributed by atoms with E-state index >= 15 is 0 Å². The van der Waals surface area contributed by atoms with Crippen LogP contribution in [-0.4, -0.2) is 33.6 Å². The van der Waals surface area contributed by atoms with Gasteiger partial charge in [0.1, 0.15) is 0 Å². The second-order valence-electron chi connectivity index (χ2n) is 8.63. The lowest BCUT2D eigenvalue weighted by molar-refractivity contribution is -0.0957. The molecular weight excluding hydrogens is 362 g/mol. The van der Waals surface area contributed by atoms with E-state index in [0.29, 0.717) is 17.5 Å². The van der Waals surface area contributed by atoms with Gasteiger partial charge in [0.05, 0.1) is 5.56 Å². The summed E-state index contributed by atoms with van der Waals surface area (Å²) in [4.78, 5) is 11.8. The largest absolute Gasteiger partial charge is 0.478 e. The molecule has 0 radical (unpaired) electrons. The first kappa shape index (κ1) is 19.4. The predicted octanol–water partition coefficient (Wildman–Crippen LogP) is 5.16. The average molecular weight is 390 g/mol. The van der Waals surface area contributed by atoms with E-state index in [4.69, 9.17) is 0 Å². The van der Waals surface area contributed by atoms with Crippen LogP contribution in [0.1, 0.15) is 67.5 Å². The number of nitrogens with one attached hydrogen (secondary N) is 1. The summed E-state index contributed by atoms with van der Waals surface area (Å²) in [5.74, 6) is -2.90. The van der Waals surface area contributed by atoms with Crippen LogP contribution >= 0.6 is 0 Å². The lowest BCUT2D eigenvalue weighted by Gasteiger charge is -2.41. The minimum atomic E-state index is -2.47. The first-order valence-corrected chi connectivity index (χ1v) is 10.2. The maximum Gasteiger partial charge on any atom is 0.338 e. The first-order chi connectivity index (χ1) is 13.3. The number of nitrogens with zero attached hydrogens (tertiary/aromatic N) is 1. The number of carbonyl (C=O) groups is 1. The van der Waals surface area contributed by atoms with Crippen LogP contribution in [0.25, 0.3) is 10.9 Å². The van der Waals surface area contributed by atoms with Gasteiger partial charge in [0.2, 0.25) is 0 Å². The van der Waals surface area contributed by atoms with Gasteiger partial charge in [-0.15, -0.1) is 0 Å². The summed E-state index contributed by atoms with van der Waals surface area (Å²) < 4.78 is 28.3. The lowest BCUT2D eigenvalue weighted by atomic mass is 9.80. The number of para-hydroxylation sites is 1. The van der Waals surface area contributed by atoms with Crippen molar-refractivity contribution in [1.82, 2.24) is 9.88 Å². The zero-order valence-electron chi connectivity index (χ0n) is 16.4. The first-order valence-electron chi connectivity index (χ1n) is 10.2. The van der Waals surface area contributed by atoms with Gasteiger partial charge in [0.15, 0.2) is 0 Å². The number of fused-ring (bicyclic) bond motifs is 1. The number of carboxylic acids is 1. The summed E-state index contributed by atoms with van der Waals surface area (Å²) in [6.07, 6.45) is 3.96. The van der Waals surface area contributed by atoms with E-state index in [1.807, 2.05) is 31.2 Å². The molecule has 2 aliphatic carbocycles. The van der Waals surface area contributed by atoms with Crippen molar-refractivity contribution in [2.45, 2.75) is 76.4 Å². The summed E-state index contributed by atoms with van der Waals surface area (Å²) in [5, 5.41) is 13.9. The van der Waals surface area contributed by atoms with Crippen LogP contribution in [0.2, 0.25) is 0 Å². The van der Waals surface area contributed by atoms with Crippen LogP contribution < -0.4 is 5.32 Å². The summed E-state index contributed by atoms with van der Waals surface area (Å²) in [6, 6.07) is 8.19. The van der Waals surface area contributed by atoms with E-state index in [9.17, 15) is 18.7 Å². The zero-order valence-corrected chi connectivity index (χ0v) is 16.4. The molecule has 1 aromatic carbocycles. The number of halogens is 2. The van der Waals surface area contributed by atoms with E-state index in [1.165, 1.54) is 0 Å². The van der Waals surface area contributed by atoms with Crippen LogP contribution in [-0.2, 0) is 0 Å². The maximum atomic E-state index is 13.0. The highest BCUT2D eigenvalue weighted by atomic mass is 19.3. The minimum absolute atomic E-state index is 0.0319. The molecule has 0 spiro atoms. The second-order valence-corrected chi connectivity index (χ2v) is 8.63. The number of alkyl halides is 2. The Bertz CT molecular complexity index is 876. The molecule has 0 unspecified atom stereocenters. The third-order valence-electron chi connectivity index (χ3n) is 6.79. The van der Waals surface area contributed by atoms with Gasteiger partial charge < -0.3 is 15.0 Å². The number of hydrogen-bond acceptors (Lipinski definition) is 2. The van der Waals surface area contributed by atoms with Gasteiger partial charge in [-0.1, -0.05) is 18.2 Å². The molecule has 1 aromatic heterocycles. The van der Waals surface area contributed by atoms with Crippen molar-refractivity contribution >= 4 is 16.9 Å². The fourth-order valence-electron chi connectivity index (χ4n) is 5.28. The highest BCUT2D eigenvalue weighted by Crippen LogP contribution is 2.40. The Morgan fingerprint density at radius 3 is 2.43 bits per heavy atom. The molecule has 0 saturated heterocycles. The zero-order chi connectivity index (χ0) is 20.1. The molecule has 4 rings (SSSR count). The molecule has 1 atom stereocenters. The van der Waals surface area contributed by atoms with E-state index in [1.54, 1.807) is 0 Å². The highest BCUT2D eigenvalue weighted by molar-refractivity contribution is 6.05. The van der Waals surface area contributed by atoms with Gasteiger partial charge in [-0.2, -0.15) is 0 Å². The number of aromatic nitrogens is 1. The van der Waals surface area contributed by atoms with Gasteiger partial charge in [0.25, 0.3) is 5.92 Å². The van der Waals surface area contributed by atoms with E-state index < -0.39 is 11.9 Å². The van der Waals surface area contributed by atoms with E-state index in [-0.39, 0.29) is 24.9 Å². The third kappa shape index (κ3) is 3.43. The molecule has 6 heteroatoms. The molecular formula is C22H28F2N2O2. The Labute approximate surface area is 163 Å².